The lowest BCUT2D eigenvalue weighted by Crippen LogP contribution is -2.44. The van der Waals surface area contributed by atoms with E-state index in [1.807, 2.05) is 35.2 Å². The molecular weight excluding hydrogens is 352 g/mol. The van der Waals surface area contributed by atoms with E-state index in [9.17, 15) is 9.59 Å². The minimum atomic E-state index is -0.0265. The van der Waals surface area contributed by atoms with Crippen molar-refractivity contribution in [3.63, 3.8) is 0 Å². The summed E-state index contributed by atoms with van der Waals surface area (Å²) in [5.41, 5.74) is 1.10. The molecule has 2 aliphatic rings. The highest BCUT2D eigenvalue weighted by Crippen LogP contribution is 2.31. The number of amides is 2. The first-order chi connectivity index (χ1) is 12.0. The van der Waals surface area contributed by atoms with Crippen LogP contribution in [0.15, 0.2) is 30.3 Å². The van der Waals surface area contributed by atoms with Crippen LogP contribution in [0.3, 0.4) is 0 Å². The molecule has 25 heavy (non-hydrogen) atoms. The van der Waals surface area contributed by atoms with Gasteiger partial charge in [-0.05, 0) is 17.9 Å². The zero-order valence-corrected chi connectivity index (χ0v) is 16.3. The van der Waals surface area contributed by atoms with Crippen molar-refractivity contribution in [2.24, 2.45) is 5.92 Å². The van der Waals surface area contributed by atoms with Crippen molar-refractivity contribution in [2.75, 3.05) is 5.75 Å². The molecule has 0 unspecified atom stereocenters. The minimum absolute atomic E-state index is 0.0265. The van der Waals surface area contributed by atoms with Crippen molar-refractivity contribution >= 4 is 40.1 Å². The molecule has 0 aromatic heterocycles. The number of nitrogens with zero attached hydrogens (tertiary/aromatic N) is 2. The van der Waals surface area contributed by atoms with E-state index in [1.165, 1.54) is 0 Å². The third-order valence-electron chi connectivity index (χ3n) is 5.00. The number of hydrogen-bond donors (Lipinski definition) is 0. The molecule has 4 nitrogen and oxygen atoms in total. The van der Waals surface area contributed by atoms with Crippen LogP contribution < -0.4 is 0 Å². The summed E-state index contributed by atoms with van der Waals surface area (Å²) in [6.45, 7) is 4.82. The predicted octanol–water partition coefficient (Wildman–Crippen LogP) is 3.45. The topological polar surface area (TPSA) is 40.6 Å². The number of carbonyl (C=O) groups excluding carboxylic acids is 2. The molecule has 2 heterocycles. The van der Waals surface area contributed by atoms with Crippen LogP contribution in [0, 0.1) is 5.92 Å². The molecule has 0 radical (unpaired) electrons. The molecule has 0 bridgehead atoms. The largest absolute Gasteiger partial charge is 0.335 e. The van der Waals surface area contributed by atoms with Crippen molar-refractivity contribution in [2.45, 2.75) is 51.7 Å². The smallest absolute Gasteiger partial charge is 0.230 e. The normalized spacial score (nSPS) is 23.8. The van der Waals surface area contributed by atoms with Crippen LogP contribution in [-0.2, 0) is 16.1 Å². The van der Waals surface area contributed by atoms with Crippen LogP contribution in [0.25, 0.3) is 0 Å². The maximum Gasteiger partial charge on any atom is 0.230 e. The van der Waals surface area contributed by atoms with E-state index in [2.05, 4.69) is 13.8 Å². The molecule has 2 aliphatic heterocycles. The van der Waals surface area contributed by atoms with Crippen LogP contribution in [-0.4, -0.2) is 43.8 Å². The maximum atomic E-state index is 12.9. The number of hydrogen-bond acceptors (Lipinski definition) is 4. The molecule has 0 N–H and O–H groups in total. The van der Waals surface area contributed by atoms with E-state index in [-0.39, 0.29) is 23.9 Å². The number of rotatable bonds is 5. The maximum absolute atomic E-state index is 12.9. The molecule has 2 saturated heterocycles. The quantitative estimate of drug-likeness (QED) is 0.738. The fourth-order valence-corrected chi connectivity index (χ4v) is 5.18. The molecule has 0 aliphatic carbocycles. The molecule has 1 aromatic carbocycles. The lowest BCUT2D eigenvalue weighted by molar-refractivity contribution is -0.132. The van der Waals surface area contributed by atoms with Gasteiger partial charge in [-0.3, -0.25) is 14.5 Å². The van der Waals surface area contributed by atoms with Crippen molar-refractivity contribution in [3.8, 4) is 0 Å². The zero-order chi connectivity index (χ0) is 18.0. The molecule has 6 heteroatoms. The first kappa shape index (κ1) is 18.4. The molecule has 2 amide bonds. The van der Waals surface area contributed by atoms with Crippen LogP contribution >= 0.6 is 24.0 Å². The molecule has 134 valence electrons. The van der Waals surface area contributed by atoms with Gasteiger partial charge >= 0.3 is 0 Å². The highest BCUT2D eigenvalue weighted by atomic mass is 32.2. The summed E-state index contributed by atoms with van der Waals surface area (Å²) < 4.78 is 0.683. The van der Waals surface area contributed by atoms with Gasteiger partial charge in [-0.25, -0.2) is 0 Å². The standard InChI is InChI=1S/C19H24N2O2S2/c1-13(2)16-12-25-19(24)21(16)18(23)10-15-8-9-17(22)20(15)11-14-6-4-3-5-7-14/h3-7,13,15-16H,8-12H2,1-2H3/t15-,16-/m1/s1. The molecular formula is C19H24N2O2S2. The van der Waals surface area contributed by atoms with Crippen molar-refractivity contribution in [3.05, 3.63) is 35.9 Å². The monoisotopic (exact) mass is 376 g/mol. The SMILES string of the molecule is CC(C)[C@H]1CSC(=S)N1C(=O)C[C@H]1CCC(=O)N1Cc1ccccc1. The Labute approximate surface area is 158 Å². The van der Waals surface area contributed by atoms with E-state index in [0.29, 0.717) is 29.6 Å². The van der Waals surface area contributed by atoms with Gasteiger partial charge in [0.2, 0.25) is 11.8 Å². The fraction of sp³-hybridized carbons (Fsp3) is 0.526. The lowest BCUT2D eigenvalue weighted by atomic mass is 10.0. The summed E-state index contributed by atoms with van der Waals surface area (Å²) in [5.74, 6) is 1.45. The fourth-order valence-electron chi connectivity index (χ4n) is 3.52. The van der Waals surface area contributed by atoms with Gasteiger partial charge in [0.1, 0.15) is 4.32 Å². The second kappa shape index (κ2) is 7.87. The Morgan fingerprint density at radius 3 is 2.72 bits per heavy atom. The summed E-state index contributed by atoms with van der Waals surface area (Å²) in [7, 11) is 0. The summed E-state index contributed by atoms with van der Waals surface area (Å²) in [6, 6.07) is 10.1. The molecule has 2 atom stereocenters. The van der Waals surface area contributed by atoms with Gasteiger partial charge in [-0.2, -0.15) is 0 Å². The molecule has 0 saturated carbocycles. The Morgan fingerprint density at radius 2 is 2.04 bits per heavy atom. The number of benzene rings is 1. The van der Waals surface area contributed by atoms with E-state index in [0.717, 1.165) is 17.7 Å². The third-order valence-corrected chi connectivity index (χ3v) is 6.50. The molecule has 3 rings (SSSR count). The molecule has 0 spiro atoms. The highest BCUT2D eigenvalue weighted by molar-refractivity contribution is 8.23. The van der Waals surface area contributed by atoms with E-state index >= 15 is 0 Å². The average Bonchev–Trinajstić information content (AvgIpc) is 3.13. The molecule has 2 fully saturated rings. The van der Waals surface area contributed by atoms with Gasteiger partial charge < -0.3 is 4.90 Å². The van der Waals surface area contributed by atoms with Crippen LogP contribution in [0.1, 0.15) is 38.7 Å². The van der Waals surface area contributed by atoms with E-state index in [4.69, 9.17) is 12.2 Å². The highest BCUT2D eigenvalue weighted by Gasteiger charge is 2.39. The van der Waals surface area contributed by atoms with Crippen LogP contribution in [0.4, 0.5) is 0 Å². The van der Waals surface area contributed by atoms with Crippen LogP contribution in [0.2, 0.25) is 0 Å². The first-order valence-corrected chi connectivity index (χ1v) is 10.2. The third kappa shape index (κ3) is 4.06. The van der Waals surface area contributed by atoms with Crippen molar-refractivity contribution in [1.29, 1.82) is 0 Å². The lowest BCUT2D eigenvalue weighted by Gasteiger charge is -2.30. The number of carbonyl (C=O) groups is 2. The second-order valence-corrected chi connectivity index (χ2v) is 8.71. The summed E-state index contributed by atoms with van der Waals surface area (Å²) in [4.78, 5) is 28.9. The number of likely N-dealkylation sites (tertiary alicyclic amines) is 1. The summed E-state index contributed by atoms with van der Waals surface area (Å²) in [6.07, 6.45) is 1.64. The van der Waals surface area contributed by atoms with Gasteiger partial charge in [0.05, 0.1) is 0 Å². The number of thiocarbonyl (C=S) groups is 1. The minimum Gasteiger partial charge on any atom is -0.335 e. The molecule has 1 aromatic rings. The first-order valence-electron chi connectivity index (χ1n) is 8.79. The van der Waals surface area contributed by atoms with E-state index in [1.54, 1.807) is 16.7 Å². The van der Waals surface area contributed by atoms with Gasteiger partial charge in [0.25, 0.3) is 0 Å². The zero-order valence-electron chi connectivity index (χ0n) is 14.7. The predicted molar refractivity (Wildman–Crippen MR) is 105 cm³/mol. The Kier molecular flexibility index (Phi) is 5.79. The Balaban J connectivity index is 1.69. The van der Waals surface area contributed by atoms with Gasteiger partial charge in [-0.15, -0.1) is 0 Å². The van der Waals surface area contributed by atoms with Crippen molar-refractivity contribution in [1.82, 2.24) is 9.80 Å². The van der Waals surface area contributed by atoms with Crippen LogP contribution in [0.5, 0.6) is 0 Å². The Morgan fingerprint density at radius 1 is 1.32 bits per heavy atom. The number of thioether (sulfide) groups is 1. The average molecular weight is 377 g/mol. The van der Waals surface area contributed by atoms with E-state index < -0.39 is 0 Å². The Bertz CT molecular complexity index is 663. The summed E-state index contributed by atoms with van der Waals surface area (Å²) >= 11 is 6.99. The second-order valence-electron chi connectivity index (χ2n) is 7.06. The Hall–Kier alpha value is -1.40. The van der Waals surface area contributed by atoms with Gasteiger partial charge in [0, 0.05) is 37.2 Å². The van der Waals surface area contributed by atoms with Gasteiger partial charge in [-0.1, -0.05) is 68.2 Å². The van der Waals surface area contributed by atoms with Crippen molar-refractivity contribution < 1.29 is 9.59 Å². The van der Waals surface area contributed by atoms with Gasteiger partial charge in [0.15, 0.2) is 0 Å². The summed E-state index contributed by atoms with van der Waals surface area (Å²) in [5, 5.41) is 0.